The minimum absolute atomic E-state index is 0.0148. The van der Waals surface area contributed by atoms with E-state index in [-0.39, 0.29) is 19.1 Å². The molecule has 10 heteroatoms. The summed E-state index contributed by atoms with van der Waals surface area (Å²) in [5, 5.41) is 29.7. The number of para-hydroxylation sites is 1. The van der Waals surface area contributed by atoms with Gasteiger partial charge in [0.2, 0.25) is 5.91 Å². The van der Waals surface area contributed by atoms with Crippen molar-refractivity contribution >= 4 is 11.9 Å². The van der Waals surface area contributed by atoms with Crippen molar-refractivity contribution in [2.45, 2.75) is 51.0 Å². The molecule has 1 saturated heterocycles. The number of amides is 1. The predicted molar refractivity (Wildman–Crippen MR) is 125 cm³/mol. The van der Waals surface area contributed by atoms with Crippen molar-refractivity contribution in [1.29, 1.82) is 0 Å². The van der Waals surface area contributed by atoms with Crippen LogP contribution in [0, 0.1) is 0 Å². The average Bonchev–Trinajstić information content (AvgIpc) is 2.81. The molecule has 1 aliphatic rings. The molecule has 0 saturated carbocycles. The van der Waals surface area contributed by atoms with Crippen molar-refractivity contribution in [3.63, 3.8) is 0 Å². The zero-order chi connectivity index (χ0) is 24.9. The fourth-order valence-corrected chi connectivity index (χ4v) is 3.92. The summed E-state index contributed by atoms with van der Waals surface area (Å²) in [6.45, 7) is 4.21. The Morgan fingerprint density at radius 1 is 1.12 bits per heavy atom. The number of carboxylic acid groups (broad SMARTS) is 1. The molecule has 1 aliphatic heterocycles. The molecule has 192 valence electrons. The van der Waals surface area contributed by atoms with E-state index < -0.39 is 30.9 Å². The third-order valence-electron chi connectivity index (χ3n) is 5.85. The highest BCUT2D eigenvalue weighted by Gasteiger charge is 2.29. The highest BCUT2D eigenvalue weighted by molar-refractivity contribution is 5.73. The van der Waals surface area contributed by atoms with Crippen LogP contribution in [-0.4, -0.2) is 108 Å². The Labute approximate surface area is 201 Å². The Morgan fingerprint density at radius 3 is 2.56 bits per heavy atom. The van der Waals surface area contributed by atoms with Crippen LogP contribution in [0.25, 0.3) is 0 Å². The Balaban J connectivity index is 2.11. The summed E-state index contributed by atoms with van der Waals surface area (Å²) < 4.78 is 16.4. The number of rotatable bonds is 6. The predicted octanol–water partition coefficient (Wildman–Crippen LogP) is 0.738. The number of ether oxygens (including phenoxy) is 3. The van der Waals surface area contributed by atoms with Gasteiger partial charge in [0, 0.05) is 52.4 Å². The van der Waals surface area contributed by atoms with Gasteiger partial charge in [-0.05, 0) is 31.9 Å². The van der Waals surface area contributed by atoms with Crippen LogP contribution in [-0.2, 0) is 25.6 Å². The number of carboxylic acids is 1. The molecule has 34 heavy (non-hydrogen) atoms. The number of carbonyl (C=O) groups is 2. The molecule has 1 aromatic carbocycles. The summed E-state index contributed by atoms with van der Waals surface area (Å²) in [6, 6.07) is 7.38. The summed E-state index contributed by atoms with van der Waals surface area (Å²) in [4.78, 5) is 27.0. The molecule has 3 N–H and O–H groups in total. The number of nitrogens with zero attached hydrogens (tertiary/aromatic N) is 2. The van der Waals surface area contributed by atoms with Gasteiger partial charge in [0.05, 0.1) is 6.61 Å². The summed E-state index contributed by atoms with van der Waals surface area (Å²) in [5.41, 5.74) is 0.895. The van der Waals surface area contributed by atoms with Crippen LogP contribution >= 0.6 is 0 Å². The molecule has 0 aliphatic carbocycles. The summed E-state index contributed by atoms with van der Waals surface area (Å²) in [5.74, 6) is -0.624. The minimum Gasteiger partial charge on any atom is -0.482 e. The first-order chi connectivity index (χ1) is 16.3. The number of hydrogen-bond donors (Lipinski definition) is 3. The van der Waals surface area contributed by atoms with E-state index >= 15 is 0 Å². The van der Waals surface area contributed by atoms with E-state index in [2.05, 4.69) is 4.90 Å². The molecule has 0 bridgehead atoms. The van der Waals surface area contributed by atoms with Crippen molar-refractivity contribution in [3.05, 3.63) is 29.8 Å². The SMILES string of the molecule is CO[C@H]1CN(C(C)=O)CCCN(Cc2ccccc2OCC(=O)O)CCCCOC[C@H](O)[C@@H]1O. The molecule has 1 fully saturated rings. The lowest BCUT2D eigenvalue weighted by Crippen LogP contribution is -2.48. The quantitative estimate of drug-likeness (QED) is 0.538. The van der Waals surface area contributed by atoms with Gasteiger partial charge in [-0.15, -0.1) is 0 Å². The van der Waals surface area contributed by atoms with E-state index in [1.165, 1.54) is 14.0 Å². The van der Waals surface area contributed by atoms with Crippen molar-refractivity contribution in [2.75, 3.05) is 53.1 Å². The molecule has 1 aromatic rings. The number of aliphatic hydroxyl groups is 2. The molecule has 1 amide bonds. The zero-order valence-corrected chi connectivity index (χ0v) is 20.1. The fourth-order valence-electron chi connectivity index (χ4n) is 3.92. The van der Waals surface area contributed by atoms with Crippen LogP contribution in [0.5, 0.6) is 5.75 Å². The van der Waals surface area contributed by atoms with Gasteiger partial charge in [0.25, 0.3) is 0 Å². The Hall–Kier alpha value is -2.24. The first-order valence-corrected chi connectivity index (χ1v) is 11.7. The largest absolute Gasteiger partial charge is 0.482 e. The maximum absolute atomic E-state index is 12.2. The van der Waals surface area contributed by atoms with E-state index in [1.54, 1.807) is 11.0 Å². The molecular formula is C24H38N2O8. The van der Waals surface area contributed by atoms with E-state index in [4.69, 9.17) is 19.3 Å². The van der Waals surface area contributed by atoms with Crippen LogP contribution in [0.3, 0.4) is 0 Å². The lowest BCUT2D eigenvalue weighted by Gasteiger charge is -2.31. The molecule has 0 unspecified atom stereocenters. The average molecular weight is 483 g/mol. The molecule has 0 aromatic heterocycles. The second-order valence-corrected chi connectivity index (χ2v) is 8.50. The molecule has 10 nitrogen and oxygen atoms in total. The summed E-state index contributed by atoms with van der Waals surface area (Å²) in [7, 11) is 1.44. The normalized spacial score (nSPS) is 24.1. The topological polar surface area (TPSA) is 129 Å². The second-order valence-electron chi connectivity index (χ2n) is 8.50. The summed E-state index contributed by atoms with van der Waals surface area (Å²) in [6.07, 6.45) is -0.679. The number of benzene rings is 1. The molecule has 2 rings (SSSR count). The monoisotopic (exact) mass is 482 g/mol. The van der Waals surface area contributed by atoms with Crippen LogP contribution < -0.4 is 4.74 Å². The van der Waals surface area contributed by atoms with Gasteiger partial charge in [-0.2, -0.15) is 0 Å². The fraction of sp³-hybridized carbons (Fsp3) is 0.667. The minimum atomic E-state index is -1.17. The molecule has 0 radical (unpaired) electrons. The van der Waals surface area contributed by atoms with E-state index in [1.807, 2.05) is 18.2 Å². The first-order valence-electron chi connectivity index (χ1n) is 11.7. The standard InChI is InChI=1S/C24H38N2O8/c1-18(27)26-12-7-11-25(14-19-8-3-4-9-21(19)34-17-23(29)30)10-5-6-13-33-16-20(28)24(31)22(15-26)32-2/h3-4,8-9,20,22,24,28,31H,5-7,10-17H2,1-2H3,(H,29,30)/t20-,22-,24-/m0/s1. The molecular weight excluding hydrogens is 444 g/mol. The van der Waals surface area contributed by atoms with Gasteiger partial charge in [-0.1, -0.05) is 18.2 Å². The first kappa shape index (κ1) is 28.0. The van der Waals surface area contributed by atoms with E-state index in [0.717, 1.165) is 24.9 Å². The molecule has 1 heterocycles. The number of hydrogen-bond acceptors (Lipinski definition) is 8. The lowest BCUT2D eigenvalue weighted by atomic mass is 10.1. The Kier molecular flexibility index (Phi) is 12.3. The summed E-state index contributed by atoms with van der Waals surface area (Å²) >= 11 is 0. The molecule has 0 spiro atoms. The Bertz CT molecular complexity index is 762. The van der Waals surface area contributed by atoms with Crippen molar-refractivity contribution < 1.29 is 39.1 Å². The Morgan fingerprint density at radius 2 is 1.85 bits per heavy atom. The maximum Gasteiger partial charge on any atom is 0.341 e. The lowest BCUT2D eigenvalue weighted by molar-refractivity contribution is -0.139. The van der Waals surface area contributed by atoms with Crippen molar-refractivity contribution in [2.24, 2.45) is 0 Å². The van der Waals surface area contributed by atoms with Gasteiger partial charge in [0.1, 0.15) is 24.1 Å². The highest BCUT2D eigenvalue weighted by atomic mass is 16.5. The highest BCUT2D eigenvalue weighted by Crippen LogP contribution is 2.20. The zero-order valence-electron chi connectivity index (χ0n) is 20.1. The van der Waals surface area contributed by atoms with Crippen LogP contribution in [0.15, 0.2) is 24.3 Å². The van der Waals surface area contributed by atoms with Gasteiger partial charge < -0.3 is 34.4 Å². The van der Waals surface area contributed by atoms with Crippen LogP contribution in [0.2, 0.25) is 0 Å². The van der Waals surface area contributed by atoms with E-state index in [9.17, 15) is 19.8 Å². The molecule has 3 atom stereocenters. The smallest absolute Gasteiger partial charge is 0.341 e. The van der Waals surface area contributed by atoms with Gasteiger partial charge in [0.15, 0.2) is 6.61 Å². The van der Waals surface area contributed by atoms with Crippen molar-refractivity contribution in [3.8, 4) is 5.75 Å². The maximum atomic E-state index is 12.2. The third kappa shape index (κ3) is 9.55. The number of aliphatic carboxylic acids is 1. The number of methoxy groups -OCH3 is 1. The van der Waals surface area contributed by atoms with Crippen molar-refractivity contribution in [1.82, 2.24) is 9.80 Å². The van der Waals surface area contributed by atoms with Gasteiger partial charge in [-0.3, -0.25) is 9.69 Å². The number of carbonyl (C=O) groups excluding carboxylic acids is 1. The van der Waals surface area contributed by atoms with E-state index in [0.29, 0.717) is 38.4 Å². The van der Waals surface area contributed by atoms with Gasteiger partial charge >= 0.3 is 5.97 Å². The van der Waals surface area contributed by atoms with Crippen LogP contribution in [0.4, 0.5) is 0 Å². The second kappa shape index (κ2) is 14.9. The van der Waals surface area contributed by atoms with Gasteiger partial charge in [-0.25, -0.2) is 4.79 Å². The number of aliphatic hydroxyl groups excluding tert-OH is 2. The third-order valence-corrected chi connectivity index (χ3v) is 5.85. The van der Waals surface area contributed by atoms with Crippen LogP contribution in [0.1, 0.15) is 31.7 Å².